The highest BCUT2D eigenvalue weighted by molar-refractivity contribution is 7.88. The van der Waals surface area contributed by atoms with Crippen molar-refractivity contribution >= 4 is 44.3 Å². The summed E-state index contributed by atoms with van der Waals surface area (Å²) in [6, 6.07) is 7.84. The van der Waals surface area contributed by atoms with E-state index in [0.717, 1.165) is 39.0 Å². The average Bonchev–Trinajstić information content (AvgIpc) is 3.19. The second kappa shape index (κ2) is 9.64. The molecule has 1 N–H and O–H groups in total. The zero-order valence-electron chi connectivity index (χ0n) is 20.2. The fraction of sp³-hybridized carbons (Fsp3) is 0.333. The van der Waals surface area contributed by atoms with Gasteiger partial charge in [0.1, 0.15) is 11.6 Å². The van der Waals surface area contributed by atoms with Crippen molar-refractivity contribution in [3.8, 4) is 11.1 Å². The van der Waals surface area contributed by atoms with Gasteiger partial charge in [0.15, 0.2) is 0 Å². The number of benzene rings is 1. The van der Waals surface area contributed by atoms with Crippen LogP contribution in [0.3, 0.4) is 0 Å². The van der Waals surface area contributed by atoms with Gasteiger partial charge in [-0.05, 0) is 43.2 Å². The highest BCUT2D eigenvalue weighted by Gasteiger charge is 2.25. The van der Waals surface area contributed by atoms with Crippen LogP contribution in [0, 0.1) is 13.8 Å². The minimum Gasteiger partial charge on any atom is -0.365 e. The van der Waals surface area contributed by atoms with Crippen LogP contribution in [0.5, 0.6) is 0 Å². The zero-order chi connectivity index (χ0) is 25.4. The van der Waals surface area contributed by atoms with Crippen LogP contribution >= 0.6 is 11.6 Å². The topological polar surface area (TPSA) is 117 Å². The fourth-order valence-electron chi connectivity index (χ4n) is 4.40. The lowest BCUT2D eigenvalue weighted by molar-refractivity contribution is 0.386. The molecule has 0 aliphatic carbocycles. The molecule has 0 amide bonds. The average molecular weight is 528 g/mol. The van der Waals surface area contributed by atoms with Gasteiger partial charge < -0.3 is 14.7 Å². The Morgan fingerprint density at radius 3 is 2.53 bits per heavy atom. The van der Waals surface area contributed by atoms with Crippen molar-refractivity contribution < 1.29 is 12.9 Å². The van der Waals surface area contributed by atoms with Gasteiger partial charge in [-0.1, -0.05) is 22.8 Å². The maximum absolute atomic E-state index is 11.9. The first kappa shape index (κ1) is 24.4. The smallest absolute Gasteiger partial charge is 0.227 e. The summed E-state index contributed by atoms with van der Waals surface area (Å²) in [6.45, 7) is 6.07. The number of halogens is 1. The molecular formula is C24H26ClN7O3S. The standard InChI is InChI=1S/C24H26ClN7O3S/c1-15-22(16(2)35-30-15)18-4-5-21-20(11-18)23(27-13-17-10-19(25)14-26-12-17)29-24(28-21)31-6-8-32(9-7-31)36(3,33)34/h4-5,10-12,14H,6-9,13H2,1-3H3,(H,27,28,29). The number of anilines is 2. The maximum atomic E-state index is 11.9. The lowest BCUT2D eigenvalue weighted by atomic mass is 10.0. The van der Waals surface area contributed by atoms with Crippen LogP contribution in [0.4, 0.5) is 11.8 Å². The number of hydrogen-bond donors (Lipinski definition) is 1. The summed E-state index contributed by atoms with van der Waals surface area (Å²) in [5, 5.41) is 8.92. The second-order valence-electron chi connectivity index (χ2n) is 8.82. The molecule has 1 fully saturated rings. The Morgan fingerprint density at radius 2 is 1.86 bits per heavy atom. The van der Waals surface area contributed by atoms with Gasteiger partial charge in [-0.3, -0.25) is 4.98 Å². The highest BCUT2D eigenvalue weighted by Crippen LogP contribution is 2.32. The first-order valence-corrected chi connectivity index (χ1v) is 13.7. The molecule has 1 saturated heterocycles. The van der Waals surface area contributed by atoms with Crippen molar-refractivity contribution in [3.05, 3.63) is 58.7 Å². The summed E-state index contributed by atoms with van der Waals surface area (Å²) in [7, 11) is -3.23. The molecule has 4 aromatic rings. The molecule has 4 heterocycles. The van der Waals surface area contributed by atoms with Crippen molar-refractivity contribution in [1.82, 2.24) is 24.4 Å². The Hall–Kier alpha value is -3.28. The Morgan fingerprint density at radius 1 is 1.08 bits per heavy atom. The van der Waals surface area contributed by atoms with Crippen LogP contribution in [-0.4, -0.2) is 65.3 Å². The molecule has 5 rings (SSSR count). The molecule has 1 aliphatic rings. The van der Waals surface area contributed by atoms with Crippen LogP contribution in [0.1, 0.15) is 17.0 Å². The number of piperazine rings is 1. The summed E-state index contributed by atoms with van der Waals surface area (Å²) < 4.78 is 30.7. The molecule has 1 aliphatic heterocycles. The van der Waals surface area contributed by atoms with E-state index >= 15 is 0 Å². The van der Waals surface area contributed by atoms with Crippen molar-refractivity contribution in [2.45, 2.75) is 20.4 Å². The number of aryl methyl sites for hydroxylation is 2. The quantitative estimate of drug-likeness (QED) is 0.401. The number of hydrogen-bond acceptors (Lipinski definition) is 9. The lowest BCUT2D eigenvalue weighted by Crippen LogP contribution is -2.48. The number of nitrogens with zero attached hydrogens (tertiary/aromatic N) is 6. The zero-order valence-corrected chi connectivity index (χ0v) is 21.8. The third-order valence-corrected chi connectivity index (χ3v) is 7.73. The van der Waals surface area contributed by atoms with Crippen LogP contribution in [0.2, 0.25) is 5.02 Å². The number of sulfonamides is 1. The first-order chi connectivity index (χ1) is 17.2. The molecule has 188 valence electrons. The molecule has 12 heteroatoms. The van der Waals surface area contributed by atoms with Gasteiger partial charge in [-0.25, -0.2) is 13.4 Å². The largest absolute Gasteiger partial charge is 0.365 e. The van der Waals surface area contributed by atoms with Gasteiger partial charge in [0.25, 0.3) is 0 Å². The molecule has 36 heavy (non-hydrogen) atoms. The van der Waals surface area contributed by atoms with Crippen LogP contribution in [0.25, 0.3) is 22.0 Å². The molecule has 0 radical (unpaired) electrons. The number of nitrogens with one attached hydrogen (secondary N) is 1. The number of fused-ring (bicyclic) bond motifs is 1. The van der Waals surface area contributed by atoms with E-state index in [4.69, 9.17) is 26.1 Å². The monoisotopic (exact) mass is 527 g/mol. The van der Waals surface area contributed by atoms with Crippen molar-refractivity contribution in [1.29, 1.82) is 0 Å². The van der Waals surface area contributed by atoms with Gasteiger partial charge in [-0.15, -0.1) is 0 Å². The fourth-order valence-corrected chi connectivity index (χ4v) is 5.42. The summed E-state index contributed by atoms with van der Waals surface area (Å²) in [4.78, 5) is 15.8. The number of aromatic nitrogens is 4. The lowest BCUT2D eigenvalue weighted by Gasteiger charge is -2.33. The molecule has 0 unspecified atom stereocenters. The van der Waals surface area contributed by atoms with E-state index < -0.39 is 10.0 Å². The number of rotatable bonds is 6. The first-order valence-electron chi connectivity index (χ1n) is 11.5. The molecule has 0 bridgehead atoms. The van der Waals surface area contributed by atoms with E-state index in [1.807, 2.05) is 43.0 Å². The molecule has 0 saturated carbocycles. The SMILES string of the molecule is Cc1noc(C)c1-c1ccc2nc(N3CCN(S(C)(=O)=O)CC3)nc(NCc3cncc(Cl)c3)c2c1. The van der Waals surface area contributed by atoms with Crippen molar-refractivity contribution in [2.75, 3.05) is 42.7 Å². The van der Waals surface area contributed by atoms with E-state index in [0.29, 0.717) is 49.5 Å². The molecule has 3 aromatic heterocycles. The van der Waals surface area contributed by atoms with E-state index in [2.05, 4.69) is 15.5 Å². The van der Waals surface area contributed by atoms with E-state index in [1.54, 1.807) is 12.4 Å². The Bertz CT molecular complexity index is 1510. The van der Waals surface area contributed by atoms with Crippen LogP contribution in [-0.2, 0) is 16.6 Å². The van der Waals surface area contributed by atoms with Crippen LogP contribution < -0.4 is 10.2 Å². The summed E-state index contributed by atoms with van der Waals surface area (Å²) >= 11 is 6.12. The van der Waals surface area contributed by atoms with Crippen LogP contribution in [0.15, 0.2) is 41.2 Å². The summed E-state index contributed by atoms with van der Waals surface area (Å²) in [5.74, 6) is 1.95. The third kappa shape index (κ3) is 4.99. The summed E-state index contributed by atoms with van der Waals surface area (Å²) in [6.07, 6.45) is 4.58. The van der Waals surface area contributed by atoms with E-state index in [1.165, 1.54) is 10.6 Å². The van der Waals surface area contributed by atoms with Gasteiger partial charge >= 0.3 is 0 Å². The third-order valence-electron chi connectivity index (χ3n) is 6.22. The molecule has 0 spiro atoms. The van der Waals surface area contributed by atoms with Gasteiger partial charge in [-0.2, -0.15) is 9.29 Å². The molecule has 10 nitrogen and oxygen atoms in total. The van der Waals surface area contributed by atoms with Crippen molar-refractivity contribution in [2.24, 2.45) is 0 Å². The Kier molecular flexibility index (Phi) is 6.54. The second-order valence-corrected chi connectivity index (χ2v) is 11.2. The minimum atomic E-state index is -3.23. The Labute approximate surface area is 214 Å². The van der Waals surface area contributed by atoms with Gasteiger partial charge in [0.2, 0.25) is 16.0 Å². The minimum absolute atomic E-state index is 0.391. The molecule has 1 aromatic carbocycles. The predicted octanol–water partition coefficient (Wildman–Crippen LogP) is 3.64. The highest BCUT2D eigenvalue weighted by atomic mass is 35.5. The van der Waals surface area contributed by atoms with E-state index in [-0.39, 0.29) is 0 Å². The van der Waals surface area contributed by atoms with E-state index in [9.17, 15) is 8.42 Å². The summed E-state index contributed by atoms with van der Waals surface area (Å²) in [5.41, 5.74) is 4.41. The maximum Gasteiger partial charge on any atom is 0.227 e. The number of pyridine rings is 1. The Balaban J connectivity index is 1.53. The molecule has 0 atom stereocenters. The normalized spacial score (nSPS) is 14.9. The predicted molar refractivity (Wildman–Crippen MR) is 140 cm³/mol. The van der Waals surface area contributed by atoms with Gasteiger partial charge in [0.05, 0.1) is 22.5 Å². The molecular weight excluding hydrogens is 502 g/mol. The van der Waals surface area contributed by atoms with Gasteiger partial charge in [0, 0.05) is 56.1 Å². The van der Waals surface area contributed by atoms with Crippen molar-refractivity contribution in [3.63, 3.8) is 0 Å².